The molecule has 0 spiro atoms. The van der Waals surface area contributed by atoms with Gasteiger partial charge in [0.05, 0.1) is 6.20 Å². The first kappa shape index (κ1) is 11.7. The molecule has 0 saturated heterocycles. The molecule has 7 heteroatoms. The summed E-state index contributed by atoms with van der Waals surface area (Å²) < 4.78 is 0. The number of amides is 1. The van der Waals surface area contributed by atoms with Crippen molar-refractivity contribution in [3.05, 3.63) is 28.6 Å². The molecule has 0 radical (unpaired) electrons. The lowest BCUT2D eigenvalue weighted by Gasteiger charge is -2.02. The fourth-order valence-corrected chi connectivity index (χ4v) is 1.32. The van der Waals surface area contributed by atoms with Gasteiger partial charge in [0.1, 0.15) is 11.8 Å². The number of fused-ring (bicyclic) bond motifs is 1. The molecule has 0 aliphatic rings. The molecule has 7 nitrogen and oxygen atoms in total. The van der Waals surface area contributed by atoms with E-state index in [0.717, 1.165) is 0 Å². The van der Waals surface area contributed by atoms with Crippen molar-refractivity contribution < 1.29 is 4.79 Å². The van der Waals surface area contributed by atoms with Gasteiger partial charge in [-0.05, 0) is 0 Å². The van der Waals surface area contributed by atoms with Crippen LogP contribution in [0.4, 0.5) is 0 Å². The van der Waals surface area contributed by atoms with E-state index in [0.29, 0.717) is 18.5 Å². The van der Waals surface area contributed by atoms with Crippen LogP contribution >= 0.6 is 0 Å². The Morgan fingerprint density at radius 3 is 3.17 bits per heavy atom. The van der Waals surface area contributed by atoms with E-state index in [2.05, 4.69) is 31.2 Å². The highest BCUT2D eigenvalue weighted by Gasteiger charge is 2.13. The molecule has 2 rings (SSSR count). The van der Waals surface area contributed by atoms with Crippen LogP contribution in [-0.4, -0.2) is 32.4 Å². The van der Waals surface area contributed by atoms with Crippen LogP contribution in [0.5, 0.6) is 0 Å². The molecule has 0 aromatic carbocycles. The van der Waals surface area contributed by atoms with E-state index >= 15 is 0 Å². The first-order valence-corrected chi connectivity index (χ1v) is 5.14. The van der Waals surface area contributed by atoms with Gasteiger partial charge in [0.15, 0.2) is 11.3 Å². The molecule has 2 N–H and O–H groups in total. The molecular weight excluding hydrogens is 234 g/mol. The highest BCUT2D eigenvalue weighted by molar-refractivity contribution is 5.93. The van der Waals surface area contributed by atoms with Crippen LogP contribution in [0, 0.1) is 12.3 Å². The lowest BCUT2D eigenvalue weighted by Crippen LogP contribution is -2.31. The monoisotopic (exact) mass is 243 g/mol. The van der Waals surface area contributed by atoms with Crippen LogP contribution in [0.2, 0.25) is 0 Å². The zero-order valence-electron chi connectivity index (χ0n) is 9.30. The van der Waals surface area contributed by atoms with Crippen LogP contribution in [0.25, 0.3) is 11.2 Å². The molecule has 2 heterocycles. The number of carbonyl (C=O) groups is 1. The number of nitrogens with one attached hydrogen (secondary N) is 2. The molecule has 90 valence electrons. The van der Waals surface area contributed by atoms with Crippen LogP contribution in [-0.2, 0) is 0 Å². The number of nitrogens with zero attached hydrogens (tertiary/aromatic N) is 3. The van der Waals surface area contributed by atoms with Gasteiger partial charge in [0.25, 0.3) is 11.5 Å². The van der Waals surface area contributed by atoms with Crippen molar-refractivity contribution in [3.8, 4) is 12.3 Å². The Balaban J connectivity index is 2.33. The molecule has 2 aromatic heterocycles. The minimum Gasteiger partial charge on any atom is -0.350 e. The fraction of sp³-hybridized carbons (Fsp3) is 0.182. The molecule has 0 fully saturated rings. The minimum atomic E-state index is -0.598. The summed E-state index contributed by atoms with van der Waals surface area (Å²) in [6.45, 7) is 0.291. The van der Waals surface area contributed by atoms with Gasteiger partial charge in [0.2, 0.25) is 0 Å². The predicted octanol–water partition coefficient (Wildman–Crippen LogP) is -0.534. The van der Waals surface area contributed by atoms with Crippen LogP contribution in [0.1, 0.15) is 16.9 Å². The number of aromatic amines is 1. The first-order valence-electron chi connectivity index (χ1n) is 5.14. The first-order chi connectivity index (χ1) is 8.72. The van der Waals surface area contributed by atoms with E-state index < -0.39 is 11.5 Å². The number of terminal acetylenes is 1. The van der Waals surface area contributed by atoms with E-state index in [9.17, 15) is 9.59 Å². The van der Waals surface area contributed by atoms with E-state index in [1.807, 2.05) is 0 Å². The van der Waals surface area contributed by atoms with Gasteiger partial charge in [-0.3, -0.25) is 9.59 Å². The Labute approximate surface area is 102 Å². The van der Waals surface area contributed by atoms with Gasteiger partial charge in [0, 0.05) is 13.0 Å². The largest absolute Gasteiger partial charge is 0.350 e. The van der Waals surface area contributed by atoms with E-state index in [1.165, 1.54) is 12.5 Å². The third-order valence-corrected chi connectivity index (χ3v) is 2.14. The maximum Gasteiger partial charge on any atom is 0.281 e. The Morgan fingerprint density at radius 1 is 1.56 bits per heavy atom. The number of rotatable bonds is 3. The lowest BCUT2D eigenvalue weighted by atomic mass is 10.3. The van der Waals surface area contributed by atoms with Crippen molar-refractivity contribution in [3.63, 3.8) is 0 Å². The van der Waals surface area contributed by atoms with Crippen LogP contribution in [0.15, 0.2) is 17.3 Å². The zero-order chi connectivity index (χ0) is 13.0. The average molecular weight is 243 g/mol. The smallest absolute Gasteiger partial charge is 0.281 e. The summed E-state index contributed by atoms with van der Waals surface area (Å²) >= 11 is 0. The molecule has 18 heavy (non-hydrogen) atoms. The molecule has 0 aliphatic carbocycles. The number of hydrogen-bond donors (Lipinski definition) is 2. The van der Waals surface area contributed by atoms with Gasteiger partial charge in [-0.1, -0.05) is 0 Å². The van der Waals surface area contributed by atoms with Crippen molar-refractivity contribution in [1.82, 2.24) is 25.3 Å². The molecule has 1 amide bonds. The quantitative estimate of drug-likeness (QED) is 0.557. The Hall–Kier alpha value is -2.75. The topological polar surface area (TPSA) is 101 Å². The minimum absolute atomic E-state index is 0.227. The maximum atomic E-state index is 11.7. The molecular formula is C11H9N5O2. The summed E-state index contributed by atoms with van der Waals surface area (Å²) in [4.78, 5) is 37.3. The summed E-state index contributed by atoms with van der Waals surface area (Å²) in [5.74, 6) is 1.81. The Bertz CT molecular complexity index is 686. The number of H-pyrrole nitrogens is 1. The van der Waals surface area contributed by atoms with Gasteiger partial charge < -0.3 is 10.3 Å². The summed E-state index contributed by atoms with van der Waals surface area (Å²) in [5, 5.41) is 2.50. The summed E-state index contributed by atoms with van der Waals surface area (Å²) in [5.41, 5.74) is -0.192. The third kappa shape index (κ3) is 2.32. The second-order valence-electron chi connectivity index (χ2n) is 3.38. The van der Waals surface area contributed by atoms with Gasteiger partial charge in [-0.15, -0.1) is 12.3 Å². The van der Waals surface area contributed by atoms with E-state index in [-0.39, 0.29) is 11.3 Å². The van der Waals surface area contributed by atoms with Crippen LogP contribution < -0.4 is 10.9 Å². The second kappa shape index (κ2) is 5.05. The highest BCUT2D eigenvalue weighted by atomic mass is 16.2. The normalized spacial score (nSPS) is 9.94. The highest BCUT2D eigenvalue weighted by Crippen LogP contribution is 2.00. The third-order valence-electron chi connectivity index (χ3n) is 2.14. The molecule has 0 aliphatic heterocycles. The van der Waals surface area contributed by atoms with Crippen molar-refractivity contribution in [2.24, 2.45) is 0 Å². The molecule has 2 aromatic rings. The van der Waals surface area contributed by atoms with Crippen molar-refractivity contribution in [2.45, 2.75) is 6.42 Å². The number of hydrogen-bond acceptors (Lipinski definition) is 5. The number of carbonyl (C=O) groups excluding carboxylic acids is 1. The van der Waals surface area contributed by atoms with Gasteiger partial charge >= 0.3 is 0 Å². The standard InChI is InChI=1S/C11H9N5O2/c1-2-3-4-13-10(17)8-11(18)16-9-7(15-8)5-12-6-14-9/h1,5-6H,3-4H2,(H,13,17)(H,12,14,16,18). The molecule has 0 unspecified atom stereocenters. The predicted molar refractivity (Wildman–Crippen MR) is 63.7 cm³/mol. The van der Waals surface area contributed by atoms with Crippen molar-refractivity contribution in [2.75, 3.05) is 6.54 Å². The lowest BCUT2D eigenvalue weighted by molar-refractivity contribution is 0.0948. The average Bonchev–Trinajstić information content (AvgIpc) is 2.38. The van der Waals surface area contributed by atoms with Gasteiger partial charge in [-0.25, -0.2) is 15.0 Å². The Kier molecular flexibility index (Phi) is 3.29. The maximum absolute atomic E-state index is 11.7. The molecule has 0 saturated carbocycles. The number of aromatic nitrogens is 4. The summed E-state index contributed by atoms with van der Waals surface area (Å²) in [6, 6.07) is 0. The van der Waals surface area contributed by atoms with Crippen molar-refractivity contribution in [1.29, 1.82) is 0 Å². The second-order valence-corrected chi connectivity index (χ2v) is 3.38. The Morgan fingerprint density at radius 2 is 2.39 bits per heavy atom. The zero-order valence-corrected chi connectivity index (χ0v) is 9.30. The SMILES string of the molecule is C#CCCNC(=O)c1nc2cncnc2[nH]c1=O. The fourth-order valence-electron chi connectivity index (χ4n) is 1.32. The van der Waals surface area contributed by atoms with Gasteiger partial charge in [-0.2, -0.15) is 0 Å². The van der Waals surface area contributed by atoms with Crippen molar-refractivity contribution >= 4 is 17.1 Å². The summed E-state index contributed by atoms with van der Waals surface area (Å²) in [7, 11) is 0. The summed E-state index contributed by atoms with van der Waals surface area (Å²) in [6.07, 6.45) is 8.14. The molecule has 0 atom stereocenters. The molecule has 0 bridgehead atoms. The van der Waals surface area contributed by atoms with E-state index in [1.54, 1.807) is 0 Å². The van der Waals surface area contributed by atoms with Crippen LogP contribution in [0.3, 0.4) is 0 Å². The van der Waals surface area contributed by atoms with E-state index in [4.69, 9.17) is 6.42 Å².